The summed E-state index contributed by atoms with van der Waals surface area (Å²) in [7, 11) is 1.50. The number of rotatable bonds is 9. The normalized spacial score (nSPS) is 7.48. The summed E-state index contributed by atoms with van der Waals surface area (Å²) in [6.45, 7) is 7.75. The summed E-state index contributed by atoms with van der Waals surface area (Å²) < 4.78 is 0. The topological polar surface area (TPSA) is 139 Å². The van der Waals surface area contributed by atoms with Crippen LogP contribution >= 0.6 is 0 Å². The number of carboxylic acid groups (broad SMARTS) is 1. The van der Waals surface area contributed by atoms with Crippen LogP contribution in [0, 0.1) is 0 Å². The number of amides is 2. The highest BCUT2D eigenvalue weighted by Crippen LogP contribution is 1.84. The molecule has 8 heteroatoms. The molecule has 0 atom stereocenters. The minimum absolute atomic E-state index is 0.0408. The van der Waals surface area contributed by atoms with Crippen LogP contribution in [0.4, 0.5) is 0 Å². The van der Waals surface area contributed by atoms with Crippen molar-refractivity contribution in [3.63, 3.8) is 0 Å². The first kappa shape index (κ1) is 28.9. The number of nitrogens with one attached hydrogen (secondary N) is 2. The Morgan fingerprint density at radius 3 is 2.04 bits per heavy atom. The largest absolute Gasteiger partial charge is 0.481 e. The molecule has 0 saturated heterocycles. The number of aliphatic carboxylic acids is 1. The Labute approximate surface area is 138 Å². The van der Waals surface area contributed by atoms with Gasteiger partial charge in [-0.2, -0.15) is 0 Å². The molecular formula is C15H31N3O5. The van der Waals surface area contributed by atoms with Gasteiger partial charge in [0.05, 0.1) is 0 Å². The Hall–Kier alpha value is -2.22. The highest BCUT2D eigenvalue weighted by Gasteiger charge is 1.93. The zero-order chi connectivity index (χ0) is 18.9. The van der Waals surface area contributed by atoms with E-state index in [2.05, 4.69) is 22.9 Å². The lowest BCUT2D eigenvalue weighted by Crippen LogP contribution is -2.20. The van der Waals surface area contributed by atoms with Crippen LogP contribution in [-0.2, 0) is 19.2 Å². The van der Waals surface area contributed by atoms with Gasteiger partial charge in [0.2, 0.25) is 12.3 Å². The van der Waals surface area contributed by atoms with Gasteiger partial charge in [-0.05, 0) is 26.8 Å². The summed E-state index contributed by atoms with van der Waals surface area (Å²) in [5.41, 5.74) is 4.50. The number of carbonyl (C=O) groups is 4. The molecule has 0 bridgehead atoms. The van der Waals surface area contributed by atoms with E-state index in [1.165, 1.54) is 14.0 Å². The second kappa shape index (κ2) is 31.9. The maximum absolute atomic E-state index is 10.2. The van der Waals surface area contributed by atoms with Crippen molar-refractivity contribution in [1.82, 2.24) is 10.6 Å². The van der Waals surface area contributed by atoms with Crippen molar-refractivity contribution in [3.05, 3.63) is 12.7 Å². The van der Waals surface area contributed by atoms with Gasteiger partial charge >= 0.3 is 5.97 Å². The fraction of sp³-hybridized carbons (Fsp3) is 0.600. The van der Waals surface area contributed by atoms with Crippen molar-refractivity contribution in [3.8, 4) is 0 Å². The van der Waals surface area contributed by atoms with Gasteiger partial charge in [-0.15, -0.1) is 6.58 Å². The van der Waals surface area contributed by atoms with Gasteiger partial charge in [0.15, 0.2) is 0 Å². The molecule has 0 fully saturated rings. The molecule has 136 valence electrons. The van der Waals surface area contributed by atoms with E-state index in [0.717, 1.165) is 12.7 Å². The van der Waals surface area contributed by atoms with Crippen LogP contribution in [0.5, 0.6) is 0 Å². The Morgan fingerprint density at radius 1 is 1.17 bits per heavy atom. The average molecular weight is 333 g/mol. The molecule has 0 aromatic rings. The molecule has 5 N–H and O–H groups in total. The summed E-state index contributed by atoms with van der Waals surface area (Å²) in [5, 5.41) is 13.0. The number of carboxylic acids is 1. The van der Waals surface area contributed by atoms with E-state index in [-0.39, 0.29) is 12.3 Å². The Bertz CT molecular complexity index is 271. The van der Waals surface area contributed by atoms with Crippen LogP contribution in [0.15, 0.2) is 12.7 Å². The van der Waals surface area contributed by atoms with Crippen LogP contribution in [0.25, 0.3) is 0 Å². The number of nitrogens with two attached hydrogens (primary N) is 1. The molecule has 0 rings (SSSR count). The number of hydrogen-bond donors (Lipinski definition) is 4. The zero-order valence-electron chi connectivity index (χ0n) is 14.3. The molecule has 23 heavy (non-hydrogen) atoms. The molecule has 0 radical (unpaired) electrons. The molecule has 0 aromatic heterocycles. The quantitative estimate of drug-likeness (QED) is 0.275. The first-order valence-electron chi connectivity index (χ1n) is 7.17. The predicted octanol–water partition coefficient (Wildman–Crippen LogP) is 0.466. The highest BCUT2D eigenvalue weighted by molar-refractivity contribution is 5.72. The standard InChI is InChI=1S/C6H11NO2.C5H9NO3.C3H6.CH5N/c1-6(9)7-4-2-3-5-8;7-4-6-3-1-2-5(8)9;1-3-2;1-2/h5H,2-4H2,1H3,(H,7,9);4H,1-3H2,(H,6,7)(H,8,9);3H,1H2,2H3;2H2,1H3. The third-order valence-electron chi connectivity index (χ3n) is 1.67. The van der Waals surface area contributed by atoms with Crippen LogP contribution in [0.1, 0.15) is 39.5 Å². The SMILES string of the molecule is C=CC.CC(=O)NCCCC=O.CN.O=CNCCCC(=O)O. The first-order valence-corrected chi connectivity index (χ1v) is 7.17. The lowest BCUT2D eigenvalue weighted by atomic mass is 10.3. The number of aldehydes is 1. The fourth-order valence-electron chi connectivity index (χ4n) is 0.850. The van der Waals surface area contributed by atoms with Crippen LogP contribution < -0.4 is 16.4 Å². The van der Waals surface area contributed by atoms with Crippen molar-refractivity contribution in [2.75, 3.05) is 20.1 Å². The molecule has 0 saturated carbocycles. The Kier molecular flexibility index (Phi) is 40.1. The maximum atomic E-state index is 10.2. The van der Waals surface area contributed by atoms with Gasteiger partial charge in [-0.1, -0.05) is 6.08 Å². The molecule has 0 heterocycles. The monoisotopic (exact) mass is 333 g/mol. The van der Waals surface area contributed by atoms with Crippen molar-refractivity contribution in [2.24, 2.45) is 5.73 Å². The molecule has 0 aliphatic carbocycles. The Balaban J connectivity index is -0.000000123. The fourth-order valence-corrected chi connectivity index (χ4v) is 0.850. The molecular weight excluding hydrogens is 302 g/mol. The molecule has 0 unspecified atom stereocenters. The summed E-state index contributed by atoms with van der Waals surface area (Å²) in [4.78, 5) is 39.4. The van der Waals surface area contributed by atoms with Crippen molar-refractivity contribution in [1.29, 1.82) is 0 Å². The van der Waals surface area contributed by atoms with Gasteiger partial charge in [0.25, 0.3) is 0 Å². The van der Waals surface area contributed by atoms with Crippen molar-refractivity contribution < 1.29 is 24.3 Å². The number of carbonyl (C=O) groups excluding carboxylic acids is 3. The highest BCUT2D eigenvalue weighted by atomic mass is 16.4. The van der Waals surface area contributed by atoms with Crippen molar-refractivity contribution >= 4 is 24.6 Å². The van der Waals surface area contributed by atoms with Gasteiger partial charge in [0, 0.05) is 32.9 Å². The Morgan fingerprint density at radius 2 is 1.70 bits per heavy atom. The van der Waals surface area contributed by atoms with E-state index in [9.17, 15) is 19.2 Å². The third kappa shape index (κ3) is 65.4. The molecule has 2 amide bonds. The van der Waals surface area contributed by atoms with Gasteiger partial charge in [-0.25, -0.2) is 0 Å². The maximum Gasteiger partial charge on any atom is 0.303 e. The lowest BCUT2D eigenvalue weighted by Gasteiger charge is -1.96. The number of allylic oxidation sites excluding steroid dienone is 1. The number of hydrogen-bond acceptors (Lipinski definition) is 5. The average Bonchev–Trinajstić information content (AvgIpc) is 2.51. The van der Waals surface area contributed by atoms with E-state index >= 15 is 0 Å². The van der Waals surface area contributed by atoms with E-state index in [1.807, 2.05) is 6.92 Å². The summed E-state index contributed by atoms with van der Waals surface area (Å²) >= 11 is 0. The minimum atomic E-state index is -0.831. The van der Waals surface area contributed by atoms with Gasteiger partial charge < -0.3 is 26.3 Å². The summed E-state index contributed by atoms with van der Waals surface area (Å²) in [5.74, 6) is -0.872. The summed E-state index contributed by atoms with van der Waals surface area (Å²) in [6, 6.07) is 0. The molecule has 0 aliphatic heterocycles. The van der Waals surface area contributed by atoms with E-state index < -0.39 is 5.97 Å². The smallest absolute Gasteiger partial charge is 0.303 e. The second-order valence-corrected chi connectivity index (χ2v) is 3.77. The molecule has 8 nitrogen and oxygen atoms in total. The van der Waals surface area contributed by atoms with Crippen molar-refractivity contribution in [2.45, 2.75) is 39.5 Å². The van der Waals surface area contributed by atoms with E-state index in [1.54, 1.807) is 6.08 Å². The molecule has 0 aliphatic rings. The van der Waals surface area contributed by atoms with Gasteiger partial charge in [0.1, 0.15) is 6.29 Å². The number of unbranched alkanes of at least 4 members (excludes halogenated alkanes) is 1. The van der Waals surface area contributed by atoms with Crippen LogP contribution in [0.3, 0.4) is 0 Å². The van der Waals surface area contributed by atoms with Crippen LogP contribution in [-0.4, -0.2) is 49.8 Å². The van der Waals surface area contributed by atoms with E-state index in [4.69, 9.17) is 5.11 Å². The molecule has 0 aromatic carbocycles. The summed E-state index contributed by atoms with van der Waals surface area (Å²) in [6.07, 6.45) is 5.03. The lowest BCUT2D eigenvalue weighted by molar-refractivity contribution is -0.137. The van der Waals surface area contributed by atoms with E-state index in [0.29, 0.717) is 32.3 Å². The molecule has 0 spiro atoms. The predicted molar refractivity (Wildman–Crippen MR) is 90.9 cm³/mol. The van der Waals surface area contributed by atoms with Gasteiger partial charge in [-0.3, -0.25) is 14.4 Å². The zero-order valence-corrected chi connectivity index (χ0v) is 14.3. The third-order valence-corrected chi connectivity index (χ3v) is 1.67. The minimum Gasteiger partial charge on any atom is -0.481 e. The first-order chi connectivity index (χ1) is 11.0. The second-order valence-electron chi connectivity index (χ2n) is 3.77. The van der Waals surface area contributed by atoms with Crippen LogP contribution in [0.2, 0.25) is 0 Å².